The van der Waals surface area contributed by atoms with Crippen LogP contribution in [0, 0.1) is 5.92 Å². The van der Waals surface area contributed by atoms with Gasteiger partial charge >= 0.3 is 0 Å². The molecule has 2 aliphatic rings. The van der Waals surface area contributed by atoms with Gasteiger partial charge in [0.2, 0.25) is 5.91 Å². The predicted octanol–water partition coefficient (Wildman–Crippen LogP) is 3.60. The van der Waals surface area contributed by atoms with Crippen molar-refractivity contribution in [2.24, 2.45) is 5.92 Å². The third kappa shape index (κ3) is 4.14. The Hall–Kier alpha value is -1.81. The van der Waals surface area contributed by atoms with Crippen molar-refractivity contribution >= 4 is 17.3 Å². The Kier molecular flexibility index (Phi) is 5.34. The second-order valence-corrected chi connectivity index (χ2v) is 6.46. The monoisotopic (exact) mass is 314 g/mol. The molecular weight excluding hydrogens is 288 g/mol. The Labute approximate surface area is 138 Å². The molecule has 0 aromatic heterocycles. The van der Waals surface area contributed by atoms with Crippen LogP contribution in [-0.4, -0.2) is 32.2 Å². The van der Waals surface area contributed by atoms with E-state index in [1.54, 1.807) is 7.11 Å². The minimum Gasteiger partial charge on any atom is -0.380 e. The van der Waals surface area contributed by atoms with E-state index in [4.69, 9.17) is 4.74 Å². The smallest absolute Gasteiger partial charge is 0.227 e. The summed E-state index contributed by atoms with van der Waals surface area (Å²) in [4.78, 5) is 14.6. The molecule has 1 saturated heterocycles. The number of piperidine rings is 1. The summed E-state index contributed by atoms with van der Waals surface area (Å²) >= 11 is 0. The van der Waals surface area contributed by atoms with Crippen molar-refractivity contribution in [2.75, 3.05) is 30.4 Å². The zero-order valence-electron chi connectivity index (χ0n) is 13.8. The Morgan fingerprint density at radius 2 is 2.04 bits per heavy atom. The molecule has 1 fully saturated rings. The zero-order chi connectivity index (χ0) is 16.1. The summed E-state index contributed by atoms with van der Waals surface area (Å²) in [7, 11) is 1.78. The fourth-order valence-corrected chi connectivity index (χ4v) is 3.40. The first-order chi connectivity index (χ1) is 11.3. The average Bonchev–Trinajstić information content (AvgIpc) is 2.63. The minimum atomic E-state index is 0.115. The quantitative estimate of drug-likeness (QED) is 0.864. The van der Waals surface area contributed by atoms with Gasteiger partial charge in [0.1, 0.15) is 0 Å². The highest BCUT2D eigenvalue weighted by atomic mass is 16.5. The van der Waals surface area contributed by atoms with Crippen LogP contribution in [0.1, 0.15) is 32.1 Å². The molecule has 2 atom stereocenters. The average molecular weight is 314 g/mol. The van der Waals surface area contributed by atoms with Crippen molar-refractivity contribution in [3.05, 3.63) is 36.4 Å². The Balaban J connectivity index is 1.58. The van der Waals surface area contributed by atoms with E-state index < -0.39 is 0 Å². The van der Waals surface area contributed by atoms with Gasteiger partial charge in [0.15, 0.2) is 0 Å². The number of rotatable bonds is 4. The van der Waals surface area contributed by atoms with Crippen LogP contribution in [0.2, 0.25) is 0 Å². The van der Waals surface area contributed by atoms with Crippen LogP contribution in [0.5, 0.6) is 0 Å². The van der Waals surface area contributed by atoms with Crippen molar-refractivity contribution in [1.82, 2.24) is 0 Å². The maximum Gasteiger partial charge on any atom is 0.227 e. The first kappa shape index (κ1) is 16.1. The van der Waals surface area contributed by atoms with Crippen molar-refractivity contribution in [2.45, 2.75) is 38.2 Å². The largest absolute Gasteiger partial charge is 0.380 e. The molecule has 1 N–H and O–H groups in total. The Morgan fingerprint density at radius 1 is 1.22 bits per heavy atom. The molecule has 1 heterocycles. The van der Waals surface area contributed by atoms with Crippen molar-refractivity contribution in [3.8, 4) is 0 Å². The molecule has 1 aromatic rings. The van der Waals surface area contributed by atoms with E-state index in [1.165, 1.54) is 5.69 Å². The van der Waals surface area contributed by atoms with Gasteiger partial charge in [-0.05, 0) is 56.4 Å². The number of anilines is 2. The molecule has 0 radical (unpaired) electrons. The molecule has 124 valence electrons. The van der Waals surface area contributed by atoms with Gasteiger partial charge in [-0.1, -0.05) is 12.2 Å². The lowest BCUT2D eigenvalue weighted by atomic mass is 9.93. The summed E-state index contributed by atoms with van der Waals surface area (Å²) in [5, 5.41) is 3.05. The summed E-state index contributed by atoms with van der Waals surface area (Å²) in [6, 6.07) is 8.19. The van der Waals surface area contributed by atoms with Gasteiger partial charge in [-0.3, -0.25) is 4.79 Å². The van der Waals surface area contributed by atoms with Gasteiger partial charge in [-0.15, -0.1) is 0 Å². The van der Waals surface area contributed by atoms with Crippen molar-refractivity contribution < 1.29 is 9.53 Å². The summed E-state index contributed by atoms with van der Waals surface area (Å²) in [5.41, 5.74) is 2.08. The van der Waals surface area contributed by atoms with Crippen LogP contribution < -0.4 is 10.2 Å². The van der Waals surface area contributed by atoms with E-state index >= 15 is 0 Å². The molecule has 0 bridgehead atoms. The van der Waals surface area contributed by atoms with Gasteiger partial charge in [-0.2, -0.15) is 0 Å². The van der Waals surface area contributed by atoms with E-state index in [9.17, 15) is 4.79 Å². The molecule has 0 unspecified atom stereocenters. The highest BCUT2D eigenvalue weighted by Gasteiger charge is 2.20. The van der Waals surface area contributed by atoms with Crippen LogP contribution in [0.15, 0.2) is 36.4 Å². The molecule has 1 aromatic carbocycles. The standard InChI is InChI=1S/C19H26N2O2/c1-23-18-8-5-13-21(14-18)17-11-9-16(10-12-17)20-19(22)15-6-3-2-4-7-15/h2-3,9-12,15,18H,4-8,13-14H2,1H3,(H,20,22)/t15-,18-/m0/s1. The highest BCUT2D eigenvalue weighted by Crippen LogP contribution is 2.24. The van der Waals surface area contributed by atoms with Gasteiger partial charge in [0.25, 0.3) is 0 Å². The minimum absolute atomic E-state index is 0.115. The maximum absolute atomic E-state index is 12.3. The summed E-state index contributed by atoms with van der Waals surface area (Å²) in [6.07, 6.45) is 9.70. The Bertz CT molecular complexity index is 553. The second kappa shape index (κ2) is 7.64. The summed E-state index contributed by atoms with van der Waals surface area (Å²) < 4.78 is 5.48. The van der Waals surface area contributed by atoms with E-state index in [-0.39, 0.29) is 11.8 Å². The van der Waals surface area contributed by atoms with E-state index in [2.05, 4.69) is 34.5 Å². The third-order valence-corrected chi connectivity index (χ3v) is 4.85. The first-order valence-corrected chi connectivity index (χ1v) is 8.60. The van der Waals surface area contributed by atoms with Gasteiger partial charge in [0, 0.05) is 37.5 Å². The topological polar surface area (TPSA) is 41.6 Å². The van der Waals surface area contributed by atoms with Crippen molar-refractivity contribution in [1.29, 1.82) is 0 Å². The number of nitrogens with zero attached hydrogens (tertiary/aromatic N) is 1. The van der Waals surface area contributed by atoms with Crippen LogP contribution in [0.3, 0.4) is 0 Å². The summed E-state index contributed by atoms with van der Waals surface area (Å²) in [6.45, 7) is 2.01. The molecule has 1 aliphatic carbocycles. The molecular formula is C19H26N2O2. The van der Waals surface area contributed by atoms with Crippen LogP contribution in [-0.2, 0) is 9.53 Å². The molecule has 1 amide bonds. The molecule has 3 rings (SSSR count). The predicted molar refractivity (Wildman–Crippen MR) is 93.8 cm³/mol. The number of hydrogen-bond donors (Lipinski definition) is 1. The van der Waals surface area contributed by atoms with Gasteiger partial charge in [-0.25, -0.2) is 0 Å². The first-order valence-electron chi connectivity index (χ1n) is 8.60. The molecule has 0 spiro atoms. The van der Waals surface area contributed by atoms with Gasteiger partial charge in [0.05, 0.1) is 6.10 Å². The lowest BCUT2D eigenvalue weighted by Gasteiger charge is -2.33. The fraction of sp³-hybridized carbons (Fsp3) is 0.526. The van der Waals surface area contributed by atoms with E-state index in [0.29, 0.717) is 6.10 Å². The van der Waals surface area contributed by atoms with Crippen LogP contribution in [0.4, 0.5) is 11.4 Å². The third-order valence-electron chi connectivity index (χ3n) is 4.85. The van der Waals surface area contributed by atoms with E-state index in [1.807, 2.05) is 12.1 Å². The molecule has 4 nitrogen and oxygen atoms in total. The van der Waals surface area contributed by atoms with Gasteiger partial charge < -0.3 is 15.0 Å². The number of benzene rings is 1. The maximum atomic E-state index is 12.3. The molecule has 4 heteroatoms. The van der Waals surface area contributed by atoms with E-state index in [0.717, 1.165) is 50.9 Å². The number of allylic oxidation sites excluding steroid dienone is 2. The number of carbonyl (C=O) groups excluding carboxylic acids is 1. The molecule has 0 saturated carbocycles. The Morgan fingerprint density at radius 3 is 2.74 bits per heavy atom. The normalized spacial score (nSPS) is 24.5. The highest BCUT2D eigenvalue weighted by molar-refractivity contribution is 5.92. The number of ether oxygens (including phenoxy) is 1. The van der Waals surface area contributed by atoms with Crippen LogP contribution in [0.25, 0.3) is 0 Å². The number of amides is 1. The number of hydrogen-bond acceptors (Lipinski definition) is 3. The zero-order valence-corrected chi connectivity index (χ0v) is 13.8. The number of nitrogens with one attached hydrogen (secondary N) is 1. The molecule has 1 aliphatic heterocycles. The number of carbonyl (C=O) groups is 1. The van der Waals surface area contributed by atoms with Crippen molar-refractivity contribution in [3.63, 3.8) is 0 Å². The lowest BCUT2D eigenvalue weighted by molar-refractivity contribution is -0.120. The van der Waals surface area contributed by atoms with Crippen LogP contribution >= 0.6 is 0 Å². The SMILES string of the molecule is CO[C@H]1CCCN(c2ccc(NC(=O)[C@H]3CC=CCC3)cc2)C1. The number of methoxy groups -OCH3 is 1. The summed E-state index contributed by atoms with van der Waals surface area (Å²) in [5.74, 6) is 0.253. The molecule has 23 heavy (non-hydrogen) atoms. The fourth-order valence-electron chi connectivity index (χ4n) is 3.40. The lowest BCUT2D eigenvalue weighted by Crippen LogP contribution is -2.39. The second-order valence-electron chi connectivity index (χ2n) is 6.46.